The van der Waals surface area contributed by atoms with Crippen LogP contribution in [0.25, 0.3) is 0 Å². The number of carbonyl (C=O) groups is 2. The van der Waals surface area contributed by atoms with E-state index in [1.165, 1.54) is 4.90 Å². The van der Waals surface area contributed by atoms with Crippen LogP contribution in [0.4, 0.5) is 4.79 Å². The van der Waals surface area contributed by atoms with Crippen molar-refractivity contribution in [2.24, 2.45) is 0 Å². The van der Waals surface area contributed by atoms with E-state index in [4.69, 9.17) is 10.2 Å². The lowest BCUT2D eigenvalue weighted by molar-refractivity contribution is -0.137. The summed E-state index contributed by atoms with van der Waals surface area (Å²) in [5, 5.41) is 17.6. The molecule has 2 amide bonds. The molecule has 0 spiro atoms. The summed E-state index contributed by atoms with van der Waals surface area (Å²) in [6, 6.07) is -0.198. The predicted octanol–water partition coefficient (Wildman–Crippen LogP) is 0.360. The molecule has 0 aromatic carbocycles. The standard InChI is InChI=1S/C11H20N2O4/c1-12(6-3-5-10(15)16)11(17)13-7-2-4-9(13)8-14/h9,14H,2-8H2,1H3,(H,15,16). The van der Waals surface area contributed by atoms with E-state index in [0.29, 0.717) is 19.5 Å². The Morgan fingerprint density at radius 3 is 2.76 bits per heavy atom. The van der Waals surface area contributed by atoms with Crippen LogP contribution in [0.1, 0.15) is 25.7 Å². The van der Waals surface area contributed by atoms with Crippen molar-refractivity contribution in [3.05, 3.63) is 0 Å². The van der Waals surface area contributed by atoms with Crippen molar-refractivity contribution in [3.8, 4) is 0 Å². The second-order valence-electron chi connectivity index (χ2n) is 4.37. The van der Waals surface area contributed by atoms with Gasteiger partial charge in [0, 0.05) is 26.6 Å². The molecular weight excluding hydrogens is 224 g/mol. The van der Waals surface area contributed by atoms with Crippen LogP contribution < -0.4 is 0 Å². The first-order chi connectivity index (χ1) is 8.06. The normalized spacial score (nSPS) is 19.4. The first kappa shape index (κ1) is 13.8. The number of rotatable bonds is 5. The summed E-state index contributed by atoms with van der Waals surface area (Å²) in [6.45, 7) is 1.10. The van der Waals surface area contributed by atoms with E-state index in [2.05, 4.69) is 0 Å². The van der Waals surface area contributed by atoms with E-state index in [1.54, 1.807) is 11.9 Å². The molecule has 1 rings (SSSR count). The number of aliphatic hydroxyl groups excluding tert-OH is 1. The number of carboxylic acids is 1. The van der Waals surface area contributed by atoms with Crippen molar-refractivity contribution < 1.29 is 19.8 Å². The highest BCUT2D eigenvalue weighted by Crippen LogP contribution is 2.18. The van der Waals surface area contributed by atoms with Gasteiger partial charge >= 0.3 is 12.0 Å². The van der Waals surface area contributed by atoms with Gasteiger partial charge in [-0.2, -0.15) is 0 Å². The van der Waals surface area contributed by atoms with Crippen LogP contribution in [0.2, 0.25) is 0 Å². The van der Waals surface area contributed by atoms with E-state index >= 15 is 0 Å². The fourth-order valence-corrected chi connectivity index (χ4v) is 2.06. The largest absolute Gasteiger partial charge is 0.481 e. The Hall–Kier alpha value is -1.30. The molecule has 98 valence electrons. The number of hydrogen-bond acceptors (Lipinski definition) is 3. The number of carboxylic acid groups (broad SMARTS) is 1. The van der Waals surface area contributed by atoms with Crippen molar-refractivity contribution in [2.45, 2.75) is 31.7 Å². The summed E-state index contributed by atoms with van der Waals surface area (Å²) in [7, 11) is 1.66. The average molecular weight is 244 g/mol. The molecule has 6 heteroatoms. The second kappa shape index (κ2) is 6.44. The summed E-state index contributed by atoms with van der Waals surface area (Å²) < 4.78 is 0. The fraction of sp³-hybridized carbons (Fsp3) is 0.818. The molecule has 17 heavy (non-hydrogen) atoms. The number of carbonyl (C=O) groups excluding carboxylic acids is 1. The first-order valence-electron chi connectivity index (χ1n) is 5.90. The maximum Gasteiger partial charge on any atom is 0.320 e. The van der Waals surface area contributed by atoms with Crippen molar-refractivity contribution >= 4 is 12.0 Å². The van der Waals surface area contributed by atoms with Gasteiger partial charge in [0.25, 0.3) is 0 Å². The molecule has 1 aliphatic heterocycles. The van der Waals surface area contributed by atoms with Crippen LogP contribution in [-0.2, 0) is 4.79 Å². The van der Waals surface area contributed by atoms with Gasteiger partial charge in [0.2, 0.25) is 0 Å². The van der Waals surface area contributed by atoms with Gasteiger partial charge in [-0.05, 0) is 19.3 Å². The maximum atomic E-state index is 12.0. The van der Waals surface area contributed by atoms with E-state index < -0.39 is 5.97 Å². The Kier molecular flexibility index (Phi) is 5.21. The van der Waals surface area contributed by atoms with Crippen LogP contribution in [-0.4, -0.2) is 64.8 Å². The highest BCUT2D eigenvalue weighted by molar-refractivity contribution is 5.75. The Labute approximate surface area is 101 Å². The van der Waals surface area contributed by atoms with Gasteiger partial charge in [0.05, 0.1) is 12.6 Å². The Morgan fingerprint density at radius 2 is 2.18 bits per heavy atom. The number of urea groups is 1. The van der Waals surface area contributed by atoms with Gasteiger partial charge in [0.15, 0.2) is 0 Å². The Balaban J connectivity index is 2.37. The minimum Gasteiger partial charge on any atom is -0.481 e. The van der Waals surface area contributed by atoms with Crippen LogP contribution in [0.15, 0.2) is 0 Å². The molecule has 1 fully saturated rings. The third-order valence-electron chi connectivity index (χ3n) is 3.04. The summed E-state index contributed by atoms with van der Waals surface area (Å²) in [6.07, 6.45) is 2.28. The number of amides is 2. The van der Waals surface area contributed by atoms with Gasteiger partial charge in [0.1, 0.15) is 0 Å². The molecular formula is C11H20N2O4. The second-order valence-corrected chi connectivity index (χ2v) is 4.37. The van der Waals surface area contributed by atoms with Crippen LogP contribution in [0.3, 0.4) is 0 Å². The molecule has 2 N–H and O–H groups in total. The minimum absolute atomic E-state index is 0.00525. The van der Waals surface area contributed by atoms with Gasteiger partial charge in [-0.1, -0.05) is 0 Å². The Morgan fingerprint density at radius 1 is 1.47 bits per heavy atom. The molecule has 0 bridgehead atoms. The maximum absolute atomic E-state index is 12.0. The minimum atomic E-state index is -0.847. The van der Waals surface area contributed by atoms with Crippen molar-refractivity contribution in [2.75, 3.05) is 26.7 Å². The van der Waals surface area contributed by atoms with Crippen molar-refractivity contribution in [1.29, 1.82) is 0 Å². The number of likely N-dealkylation sites (tertiary alicyclic amines) is 1. The number of aliphatic carboxylic acids is 1. The smallest absolute Gasteiger partial charge is 0.320 e. The van der Waals surface area contributed by atoms with Gasteiger partial charge in [-0.3, -0.25) is 4.79 Å². The zero-order valence-corrected chi connectivity index (χ0v) is 10.1. The molecule has 0 saturated carbocycles. The summed E-state index contributed by atoms with van der Waals surface area (Å²) >= 11 is 0. The van der Waals surface area contributed by atoms with E-state index in [9.17, 15) is 9.59 Å². The van der Waals surface area contributed by atoms with Crippen molar-refractivity contribution in [3.63, 3.8) is 0 Å². The summed E-state index contributed by atoms with van der Waals surface area (Å²) in [5.74, 6) is -0.847. The predicted molar refractivity (Wildman–Crippen MR) is 61.7 cm³/mol. The number of nitrogens with zero attached hydrogens (tertiary/aromatic N) is 2. The van der Waals surface area contributed by atoms with Crippen LogP contribution in [0, 0.1) is 0 Å². The molecule has 0 aliphatic carbocycles. The summed E-state index contributed by atoms with van der Waals surface area (Å²) in [5.41, 5.74) is 0. The molecule has 1 atom stereocenters. The SMILES string of the molecule is CN(CCCC(=O)O)C(=O)N1CCCC1CO. The van der Waals surface area contributed by atoms with Crippen LogP contribution in [0.5, 0.6) is 0 Å². The molecule has 1 aliphatic rings. The zero-order valence-electron chi connectivity index (χ0n) is 10.1. The molecule has 1 unspecified atom stereocenters. The number of aliphatic hydroxyl groups is 1. The topological polar surface area (TPSA) is 81.1 Å². The monoisotopic (exact) mass is 244 g/mol. The number of hydrogen-bond donors (Lipinski definition) is 2. The van der Waals surface area contributed by atoms with Crippen LogP contribution >= 0.6 is 0 Å². The molecule has 0 aromatic heterocycles. The molecule has 1 heterocycles. The van der Waals surface area contributed by atoms with Gasteiger partial charge < -0.3 is 20.0 Å². The lowest BCUT2D eigenvalue weighted by atomic mass is 10.2. The highest BCUT2D eigenvalue weighted by Gasteiger charge is 2.29. The quantitative estimate of drug-likeness (QED) is 0.731. The zero-order chi connectivity index (χ0) is 12.8. The molecule has 6 nitrogen and oxygen atoms in total. The summed E-state index contributed by atoms with van der Waals surface area (Å²) in [4.78, 5) is 25.5. The lowest BCUT2D eigenvalue weighted by Gasteiger charge is -2.28. The third-order valence-corrected chi connectivity index (χ3v) is 3.04. The van der Waals surface area contributed by atoms with Crippen molar-refractivity contribution in [1.82, 2.24) is 9.80 Å². The fourth-order valence-electron chi connectivity index (χ4n) is 2.06. The highest BCUT2D eigenvalue weighted by atomic mass is 16.4. The van der Waals surface area contributed by atoms with E-state index in [-0.39, 0.29) is 25.1 Å². The van der Waals surface area contributed by atoms with Gasteiger partial charge in [-0.25, -0.2) is 4.79 Å². The first-order valence-corrected chi connectivity index (χ1v) is 5.90. The third kappa shape index (κ3) is 3.89. The molecule has 0 radical (unpaired) electrons. The van der Waals surface area contributed by atoms with E-state index in [0.717, 1.165) is 12.8 Å². The van der Waals surface area contributed by atoms with E-state index in [1.807, 2.05) is 0 Å². The average Bonchev–Trinajstić information content (AvgIpc) is 2.75. The molecule has 0 aromatic rings. The van der Waals surface area contributed by atoms with Gasteiger partial charge in [-0.15, -0.1) is 0 Å². The lowest BCUT2D eigenvalue weighted by Crippen LogP contribution is -2.45. The molecule has 1 saturated heterocycles. The Bertz CT molecular complexity index is 283.